The predicted octanol–water partition coefficient (Wildman–Crippen LogP) is 3.45. The van der Waals surface area contributed by atoms with Crippen LogP contribution >= 0.6 is 15.9 Å². The first-order valence-electron chi connectivity index (χ1n) is 5.86. The van der Waals surface area contributed by atoms with Crippen molar-refractivity contribution in [1.82, 2.24) is 4.90 Å². The van der Waals surface area contributed by atoms with Crippen LogP contribution in [0, 0.1) is 5.82 Å². The van der Waals surface area contributed by atoms with Gasteiger partial charge in [-0.1, -0.05) is 28.9 Å². The quantitative estimate of drug-likeness (QED) is 0.873. The summed E-state index contributed by atoms with van der Waals surface area (Å²) >= 11 is 3.34. The van der Waals surface area contributed by atoms with E-state index < -0.39 is 5.97 Å². The van der Waals surface area contributed by atoms with Crippen molar-refractivity contribution >= 4 is 21.9 Å². The number of carboxylic acid groups (broad SMARTS) is 1. The third-order valence-electron chi connectivity index (χ3n) is 2.98. The van der Waals surface area contributed by atoms with Crippen molar-refractivity contribution in [3.63, 3.8) is 0 Å². The molecule has 0 bridgehead atoms. The van der Waals surface area contributed by atoms with Crippen LogP contribution in [0.25, 0.3) is 0 Å². The summed E-state index contributed by atoms with van der Waals surface area (Å²) in [5.74, 6) is -1.09. The second-order valence-electron chi connectivity index (χ2n) is 4.11. The van der Waals surface area contributed by atoms with Gasteiger partial charge in [-0.15, -0.1) is 0 Å². The van der Waals surface area contributed by atoms with Crippen molar-refractivity contribution in [2.75, 3.05) is 13.1 Å². The molecular formula is C13H17BrFNO2. The number of halogens is 2. The fourth-order valence-corrected chi connectivity index (χ4v) is 2.58. The highest BCUT2D eigenvalue weighted by Gasteiger charge is 2.17. The monoisotopic (exact) mass is 317 g/mol. The summed E-state index contributed by atoms with van der Waals surface area (Å²) in [5.41, 5.74) is 0.962. The molecule has 0 spiro atoms. The Labute approximate surface area is 115 Å². The predicted molar refractivity (Wildman–Crippen MR) is 72.0 cm³/mol. The molecule has 0 fully saturated rings. The van der Waals surface area contributed by atoms with Gasteiger partial charge in [-0.25, -0.2) is 4.39 Å². The number of nitrogens with zero attached hydrogens (tertiary/aromatic N) is 1. The molecule has 1 unspecified atom stereocenters. The van der Waals surface area contributed by atoms with Gasteiger partial charge in [0.15, 0.2) is 0 Å². The lowest BCUT2D eigenvalue weighted by atomic mass is 10.1. The van der Waals surface area contributed by atoms with Gasteiger partial charge < -0.3 is 5.11 Å². The largest absolute Gasteiger partial charge is 0.481 e. The summed E-state index contributed by atoms with van der Waals surface area (Å²) in [5, 5.41) is 8.72. The molecule has 1 N–H and O–H groups in total. The molecule has 0 heterocycles. The van der Waals surface area contributed by atoms with E-state index in [1.54, 1.807) is 6.07 Å². The molecule has 1 rings (SSSR count). The van der Waals surface area contributed by atoms with E-state index in [0.717, 1.165) is 12.1 Å². The van der Waals surface area contributed by atoms with Crippen LogP contribution < -0.4 is 0 Å². The van der Waals surface area contributed by atoms with Crippen LogP contribution in [-0.2, 0) is 4.79 Å². The highest BCUT2D eigenvalue weighted by atomic mass is 79.9. The summed E-state index contributed by atoms with van der Waals surface area (Å²) in [4.78, 5) is 12.7. The SMILES string of the molecule is CCN(CCC(=O)O)C(C)c1ccc(F)cc1Br. The second kappa shape index (κ2) is 6.85. The van der Waals surface area contributed by atoms with E-state index >= 15 is 0 Å². The van der Waals surface area contributed by atoms with Crippen molar-refractivity contribution in [2.45, 2.75) is 26.3 Å². The molecule has 1 aromatic carbocycles. The van der Waals surface area contributed by atoms with Gasteiger partial charge in [-0.2, -0.15) is 0 Å². The lowest BCUT2D eigenvalue weighted by Crippen LogP contribution is -2.29. The highest BCUT2D eigenvalue weighted by Crippen LogP contribution is 2.28. The molecule has 1 atom stereocenters. The molecule has 0 aliphatic carbocycles. The van der Waals surface area contributed by atoms with E-state index in [1.165, 1.54) is 12.1 Å². The third-order valence-corrected chi connectivity index (χ3v) is 3.67. The van der Waals surface area contributed by atoms with Crippen molar-refractivity contribution in [1.29, 1.82) is 0 Å². The van der Waals surface area contributed by atoms with Crippen molar-refractivity contribution in [2.24, 2.45) is 0 Å². The third kappa shape index (κ3) is 4.07. The summed E-state index contributed by atoms with van der Waals surface area (Å²) in [6.45, 7) is 5.20. The molecule has 3 nitrogen and oxygen atoms in total. The van der Waals surface area contributed by atoms with Gasteiger partial charge in [0, 0.05) is 17.1 Å². The average Bonchev–Trinajstić information content (AvgIpc) is 2.29. The highest BCUT2D eigenvalue weighted by molar-refractivity contribution is 9.10. The summed E-state index contributed by atoms with van der Waals surface area (Å²) in [6, 6.07) is 4.62. The number of hydrogen-bond donors (Lipinski definition) is 1. The minimum Gasteiger partial charge on any atom is -0.481 e. The van der Waals surface area contributed by atoms with E-state index in [-0.39, 0.29) is 18.3 Å². The fraction of sp³-hybridized carbons (Fsp3) is 0.462. The first-order valence-corrected chi connectivity index (χ1v) is 6.65. The molecular weight excluding hydrogens is 301 g/mol. The first kappa shape index (κ1) is 15.1. The van der Waals surface area contributed by atoms with Crippen LogP contribution in [0.1, 0.15) is 31.9 Å². The van der Waals surface area contributed by atoms with Gasteiger partial charge in [0.05, 0.1) is 6.42 Å². The Bertz CT molecular complexity index is 425. The zero-order valence-electron chi connectivity index (χ0n) is 10.5. The molecule has 0 aliphatic rings. The minimum absolute atomic E-state index is 0.0457. The summed E-state index contributed by atoms with van der Waals surface area (Å²) in [7, 11) is 0. The summed E-state index contributed by atoms with van der Waals surface area (Å²) in [6.07, 6.45) is 0.108. The van der Waals surface area contributed by atoms with E-state index in [0.29, 0.717) is 11.0 Å². The van der Waals surface area contributed by atoms with Gasteiger partial charge in [0.2, 0.25) is 0 Å². The maximum Gasteiger partial charge on any atom is 0.304 e. The van der Waals surface area contributed by atoms with E-state index in [4.69, 9.17) is 5.11 Å². The van der Waals surface area contributed by atoms with Gasteiger partial charge >= 0.3 is 5.97 Å². The molecule has 0 radical (unpaired) electrons. The normalized spacial score (nSPS) is 12.7. The van der Waals surface area contributed by atoms with Gasteiger partial charge in [0.25, 0.3) is 0 Å². The minimum atomic E-state index is -0.807. The fourth-order valence-electron chi connectivity index (χ4n) is 1.90. The molecule has 0 saturated carbocycles. The lowest BCUT2D eigenvalue weighted by Gasteiger charge is -2.28. The number of carbonyl (C=O) groups is 1. The molecule has 5 heteroatoms. The van der Waals surface area contributed by atoms with Crippen molar-refractivity contribution < 1.29 is 14.3 Å². The Hall–Kier alpha value is -0.940. The van der Waals surface area contributed by atoms with Crippen molar-refractivity contribution in [3.05, 3.63) is 34.1 Å². The van der Waals surface area contributed by atoms with Gasteiger partial charge in [-0.05, 0) is 31.2 Å². The lowest BCUT2D eigenvalue weighted by molar-refractivity contribution is -0.137. The Balaban J connectivity index is 2.82. The zero-order chi connectivity index (χ0) is 13.7. The number of benzene rings is 1. The Morgan fingerprint density at radius 2 is 2.22 bits per heavy atom. The molecule has 0 amide bonds. The molecule has 0 aliphatic heterocycles. The Morgan fingerprint density at radius 1 is 1.56 bits per heavy atom. The average molecular weight is 318 g/mol. The number of aliphatic carboxylic acids is 1. The van der Waals surface area contributed by atoms with E-state index in [9.17, 15) is 9.18 Å². The molecule has 1 aromatic rings. The van der Waals surface area contributed by atoms with Crippen LogP contribution in [0.15, 0.2) is 22.7 Å². The maximum atomic E-state index is 13.0. The maximum absolute atomic E-state index is 13.0. The van der Waals surface area contributed by atoms with Crippen LogP contribution in [0.4, 0.5) is 4.39 Å². The van der Waals surface area contributed by atoms with Crippen LogP contribution in [-0.4, -0.2) is 29.1 Å². The summed E-state index contributed by atoms with van der Waals surface area (Å²) < 4.78 is 13.7. The number of rotatable bonds is 6. The molecule has 100 valence electrons. The zero-order valence-corrected chi connectivity index (χ0v) is 12.1. The second-order valence-corrected chi connectivity index (χ2v) is 4.97. The Morgan fingerprint density at radius 3 is 2.72 bits per heavy atom. The smallest absolute Gasteiger partial charge is 0.304 e. The van der Waals surface area contributed by atoms with Crippen LogP contribution in [0.2, 0.25) is 0 Å². The molecule has 0 aromatic heterocycles. The number of hydrogen-bond acceptors (Lipinski definition) is 2. The van der Waals surface area contributed by atoms with E-state index in [2.05, 4.69) is 15.9 Å². The topological polar surface area (TPSA) is 40.5 Å². The van der Waals surface area contributed by atoms with Crippen LogP contribution in [0.5, 0.6) is 0 Å². The van der Waals surface area contributed by atoms with Crippen molar-refractivity contribution in [3.8, 4) is 0 Å². The standard InChI is InChI=1S/C13H17BrFNO2/c1-3-16(7-6-13(17)18)9(2)11-5-4-10(15)8-12(11)14/h4-5,8-9H,3,6-7H2,1-2H3,(H,17,18). The van der Waals surface area contributed by atoms with Crippen LogP contribution in [0.3, 0.4) is 0 Å². The first-order chi connectivity index (χ1) is 8.45. The molecule has 18 heavy (non-hydrogen) atoms. The van der Waals surface area contributed by atoms with E-state index in [1.807, 2.05) is 18.7 Å². The van der Waals surface area contributed by atoms with Gasteiger partial charge in [-0.3, -0.25) is 9.69 Å². The van der Waals surface area contributed by atoms with Gasteiger partial charge in [0.1, 0.15) is 5.82 Å². The Kier molecular flexibility index (Phi) is 5.75. The number of carboxylic acids is 1. The molecule has 0 saturated heterocycles.